The van der Waals surface area contributed by atoms with Crippen molar-refractivity contribution in [2.75, 3.05) is 32.0 Å². The lowest BCUT2D eigenvalue weighted by Gasteiger charge is -2.16. The van der Waals surface area contributed by atoms with Crippen LogP contribution in [0, 0.1) is 6.92 Å². The van der Waals surface area contributed by atoms with Crippen molar-refractivity contribution < 1.29 is 23.4 Å². The third kappa shape index (κ3) is 4.36. The second-order valence-corrected chi connectivity index (χ2v) is 6.69. The molecule has 0 saturated heterocycles. The highest BCUT2D eigenvalue weighted by Gasteiger charge is 2.18. The SMILES string of the molecule is COC(=O)c1cc(OC)c(OC)cc1NC(=S)Nc1ccc2c(C)cc(=O)oc2c1. The number of rotatable bonds is 5. The summed E-state index contributed by atoms with van der Waals surface area (Å²) in [5.41, 5.74) is 2.04. The first-order valence-corrected chi connectivity index (χ1v) is 9.24. The average molecular weight is 428 g/mol. The Labute approximate surface area is 177 Å². The van der Waals surface area contributed by atoms with E-state index in [4.69, 9.17) is 30.8 Å². The highest BCUT2D eigenvalue weighted by atomic mass is 32.1. The first-order valence-electron chi connectivity index (χ1n) is 8.83. The molecule has 1 aromatic heterocycles. The number of methoxy groups -OCH3 is 3. The number of anilines is 2. The number of aryl methyl sites for hydroxylation is 1. The quantitative estimate of drug-likeness (QED) is 0.358. The number of hydrogen-bond donors (Lipinski definition) is 2. The molecule has 0 unspecified atom stereocenters. The molecule has 0 spiro atoms. The summed E-state index contributed by atoms with van der Waals surface area (Å²) in [4.78, 5) is 23.8. The van der Waals surface area contributed by atoms with Gasteiger partial charge < -0.3 is 29.3 Å². The van der Waals surface area contributed by atoms with Crippen LogP contribution in [0.3, 0.4) is 0 Å². The van der Waals surface area contributed by atoms with Crippen LogP contribution in [0.25, 0.3) is 11.0 Å². The molecule has 8 nitrogen and oxygen atoms in total. The molecule has 0 aliphatic carbocycles. The number of fused-ring (bicyclic) bond motifs is 1. The summed E-state index contributed by atoms with van der Waals surface area (Å²) < 4.78 is 20.6. The zero-order valence-corrected chi connectivity index (χ0v) is 17.6. The molecule has 0 aliphatic rings. The number of ether oxygens (including phenoxy) is 3. The fourth-order valence-corrected chi connectivity index (χ4v) is 3.18. The minimum Gasteiger partial charge on any atom is -0.493 e. The van der Waals surface area contributed by atoms with E-state index in [9.17, 15) is 9.59 Å². The van der Waals surface area contributed by atoms with Crippen LogP contribution in [0.2, 0.25) is 0 Å². The monoisotopic (exact) mass is 428 g/mol. The van der Waals surface area contributed by atoms with E-state index in [1.165, 1.54) is 33.5 Å². The van der Waals surface area contributed by atoms with Crippen LogP contribution in [0.1, 0.15) is 15.9 Å². The molecule has 0 aliphatic heterocycles. The fraction of sp³-hybridized carbons (Fsp3) is 0.190. The smallest absolute Gasteiger partial charge is 0.340 e. The largest absolute Gasteiger partial charge is 0.493 e. The highest BCUT2D eigenvalue weighted by Crippen LogP contribution is 2.34. The lowest BCUT2D eigenvalue weighted by Crippen LogP contribution is -2.21. The van der Waals surface area contributed by atoms with Crippen LogP contribution in [0.15, 0.2) is 45.6 Å². The van der Waals surface area contributed by atoms with Crippen molar-refractivity contribution in [1.29, 1.82) is 0 Å². The molecule has 1 heterocycles. The van der Waals surface area contributed by atoms with Gasteiger partial charge >= 0.3 is 11.6 Å². The molecule has 30 heavy (non-hydrogen) atoms. The number of nitrogens with one attached hydrogen (secondary N) is 2. The summed E-state index contributed by atoms with van der Waals surface area (Å²) in [6.45, 7) is 1.84. The molecule has 0 bridgehead atoms. The Morgan fingerprint density at radius 1 is 1.00 bits per heavy atom. The molecule has 0 atom stereocenters. The zero-order valence-electron chi connectivity index (χ0n) is 16.8. The molecule has 3 rings (SSSR count). The molecule has 9 heteroatoms. The van der Waals surface area contributed by atoms with Gasteiger partial charge in [-0.05, 0) is 36.8 Å². The van der Waals surface area contributed by atoms with E-state index in [0.29, 0.717) is 28.5 Å². The summed E-state index contributed by atoms with van der Waals surface area (Å²) >= 11 is 5.38. The van der Waals surface area contributed by atoms with Crippen molar-refractivity contribution in [3.63, 3.8) is 0 Å². The van der Waals surface area contributed by atoms with Crippen molar-refractivity contribution in [2.45, 2.75) is 6.92 Å². The third-order valence-electron chi connectivity index (χ3n) is 4.39. The van der Waals surface area contributed by atoms with Crippen LogP contribution in [0.4, 0.5) is 11.4 Å². The molecule has 2 aromatic carbocycles. The Morgan fingerprint density at radius 3 is 2.37 bits per heavy atom. The van der Waals surface area contributed by atoms with E-state index in [-0.39, 0.29) is 10.7 Å². The molecule has 3 aromatic rings. The van der Waals surface area contributed by atoms with E-state index in [2.05, 4.69) is 10.6 Å². The van der Waals surface area contributed by atoms with Gasteiger partial charge in [0.05, 0.1) is 32.6 Å². The van der Waals surface area contributed by atoms with Gasteiger partial charge in [0.1, 0.15) is 5.58 Å². The molecule has 156 valence electrons. The van der Waals surface area contributed by atoms with Gasteiger partial charge in [-0.3, -0.25) is 0 Å². The van der Waals surface area contributed by atoms with E-state index in [1.807, 2.05) is 13.0 Å². The Hall–Kier alpha value is -3.59. The highest BCUT2D eigenvalue weighted by molar-refractivity contribution is 7.80. The van der Waals surface area contributed by atoms with Crippen LogP contribution in [-0.2, 0) is 4.74 Å². The predicted molar refractivity (Wildman–Crippen MR) is 118 cm³/mol. The minimum absolute atomic E-state index is 0.210. The summed E-state index contributed by atoms with van der Waals surface area (Å²) in [7, 11) is 4.24. The van der Waals surface area contributed by atoms with Crippen molar-refractivity contribution in [2.24, 2.45) is 0 Å². The summed E-state index contributed by atoms with van der Waals surface area (Å²) in [5.74, 6) is 0.227. The Bertz CT molecular complexity index is 1190. The van der Waals surface area contributed by atoms with Gasteiger partial charge in [-0.2, -0.15) is 0 Å². The van der Waals surface area contributed by atoms with Gasteiger partial charge in [0.15, 0.2) is 16.6 Å². The number of benzene rings is 2. The summed E-state index contributed by atoms with van der Waals surface area (Å²) in [6.07, 6.45) is 0. The maximum atomic E-state index is 12.2. The molecule has 2 N–H and O–H groups in total. The Kier molecular flexibility index (Phi) is 6.22. The topological polar surface area (TPSA) is 99.0 Å². The summed E-state index contributed by atoms with van der Waals surface area (Å²) in [5, 5.41) is 7.00. The standard InChI is InChI=1S/C21H20N2O6S/c1-11-7-19(24)29-16-8-12(5-6-13(11)16)22-21(30)23-15-10-18(27-3)17(26-2)9-14(15)20(25)28-4/h5-10H,1-4H3,(H2,22,23,30). The fourth-order valence-electron chi connectivity index (χ4n) is 2.95. The number of esters is 1. The second-order valence-electron chi connectivity index (χ2n) is 6.28. The molecule has 0 saturated carbocycles. The predicted octanol–water partition coefficient (Wildman–Crippen LogP) is 3.71. The third-order valence-corrected chi connectivity index (χ3v) is 4.59. The zero-order chi connectivity index (χ0) is 21.8. The molecule has 0 amide bonds. The van der Waals surface area contributed by atoms with Crippen molar-refractivity contribution >= 4 is 45.6 Å². The van der Waals surface area contributed by atoms with Gasteiger partial charge in [0, 0.05) is 35.3 Å². The van der Waals surface area contributed by atoms with Crippen LogP contribution in [0.5, 0.6) is 11.5 Å². The van der Waals surface area contributed by atoms with Crippen molar-refractivity contribution in [1.82, 2.24) is 0 Å². The van der Waals surface area contributed by atoms with E-state index in [0.717, 1.165) is 10.9 Å². The number of thiocarbonyl (C=S) groups is 1. The summed E-state index contributed by atoms with van der Waals surface area (Å²) in [6, 6.07) is 9.83. The van der Waals surface area contributed by atoms with Crippen LogP contribution >= 0.6 is 12.2 Å². The van der Waals surface area contributed by atoms with Gasteiger partial charge in [0.2, 0.25) is 0 Å². The number of carbonyl (C=O) groups is 1. The minimum atomic E-state index is -0.566. The first kappa shape index (κ1) is 21.1. The van der Waals surface area contributed by atoms with Crippen LogP contribution in [-0.4, -0.2) is 32.4 Å². The molecule has 0 fully saturated rings. The van der Waals surface area contributed by atoms with E-state index >= 15 is 0 Å². The normalized spacial score (nSPS) is 10.4. The second kappa shape index (κ2) is 8.83. The van der Waals surface area contributed by atoms with Gasteiger partial charge in [-0.15, -0.1) is 0 Å². The van der Waals surface area contributed by atoms with Gasteiger partial charge in [-0.1, -0.05) is 0 Å². The van der Waals surface area contributed by atoms with Crippen molar-refractivity contribution in [3.8, 4) is 11.5 Å². The molecular weight excluding hydrogens is 408 g/mol. The maximum absolute atomic E-state index is 12.2. The van der Waals surface area contributed by atoms with E-state index in [1.54, 1.807) is 18.2 Å². The lowest BCUT2D eigenvalue weighted by atomic mass is 10.1. The van der Waals surface area contributed by atoms with Crippen LogP contribution < -0.4 is 25.7 Å². The van der Waals surface area contributed by atoms with Crippen molar-refractivity contribution in [3.05, 3.63) is 57.9 Å². The number of hydrogen-bond acceptors (Lipinski definition) is 7. The lowest BCUT2D eigenvalue weighted by molar-refractivity contribution is 0.0601. The first-order chi connectivity index (χ1) is 14.4. The maximum Gasteiger partial charge on any atom is 0.340 e. The molecule has 0 radical (unpaired) electrons. The average Bonchev–Trinajstić information content (AvgIpc) is 2.72. The Morgan fingerprint density at radius 2 is 1.70 bits per heavy atom. The van der Waals surface area contributed by atoms with Gasteiger partial charge in [0.25, 0.3) is 0 Å². The number of carbonyl (C=O) groups excluding carboxylic acids is 1. The van der Waals surface area contributed by atoms with Gasteiger partial charge in [-0.25, -0.2) is 9.59 Å². The molecular formula is C21H20N2O6S. The van der Waals surface area contributed by atoms with E-state index < -0.39 is 11.6 Å². The Balaban J connectivity index is 1.89.